The number of rotatable bonds is 4. The predicted molar refractivity (Wildman–Crippen MR) is 91.7 cm³/mol. The second kappa shape index (κ2) is 6.92. The first-order valence-electron chi connectivity index (χ1n) is 7.76. The lowest BCUT2D eigenvalue weighted by molar-refractivity contribution is -0.115. The normalized spacial score (nSPS) is 14.9. The number of amides is 1. The fourth-order valence-electron chi connectivity index (χ4n) is 2.77. The van der Waals surface area contributed by atoms with Crippen LogP contribution in [0.4, 0.5) is 11.4 Å². The summed E-state index contributed by atoms with van der Waals surface area (Å²) in [4.78, 5) is 18.7. The third-order valence-corrected chi connectivity index (χ3v) is 4.70. The molecule has 1 amide bonds. The van der Waals surface area contributed by atoms with Crippen LogP contribution < -0.4 is 10.2 Å². The van der Waals surface area contributed by atoms with Gasteiger partial charge < -0.3 is 10.2 Å². The first-order valence-corrected chi connectivity index (χ1v) is 8.64. The maximum atomic E-state index is 12.0. The van der Waals surface area contributed by atoms with Gasteiger partial charge in [-0.25, -0.2) is 4.98 Å². The smallest absolute Gasteiger partial charge is 0.230 e. The fourth-order valence-corrected chi connectivity index (χ4v) is 3.38. The topological polar surface area (TPSA) is 45.2 Å². The van der Waals surface area contributed by atoms with Crippen LogP contribution in [0.1, 0.15) is 30.0 Å². The van der Waals surface area contributed by atoms with E-state index in [0.717, 1.165) is 29.5 Å². The third kappa shape index (κ3) is 3.85. The van der Waals surface area contributed by atoms with Crippen LogP contribution in [0.15, 0.2) is 29.6 Å². The first-order chi connectivity index (χ1) is 10.7. The van der Waals surface area contributed by atoms with E-state index in [2.05, 4.69) is 27.3 Å². The summed E-state index contributed by atoms with van der Waals surface area (Å²) in [5.74, 6) is -0.0176. The highest BCUT2D eigenvalue weighted by atomic mass is 32.1. The quantitative estimate of drug-likeness (QED) is 0.937. The summed E-state index contributed by atoms with van der Waals surface area (Å²) < 4.78 is 0. The van der Waals surface area contributed by atoms with Crippen molar-refractivity contribution in [3.05, 3.63) is 40.3 Å². The van der Waals surface area contributed by atoms with Crippen molar-refractivity contribution in [3.63, 3.8) is 0 Å². The molecule has 4 nitrogen and oxygen atoms in total. The molecule has 0 spiro atoms. The predicted octanol–water partition coefficient (Wildman–Crippen LogP) is 3.62. The number of hydrogen-bond donors (Lipinski definition) is 1. The van der Waals surface area contributed by atoms with Gasteiger partial charge in [0.25, 0.3) is 0 Å². The van der Waals surface area contributed by atoms with Crippen molar-refractivity contribution >= 4 is 28.6 Å². The highest BCUT2D eigenvalue weighted by Gasteiger charge is 2.11. The van der Waals surface area contributed by atoms with Gasteiger partial charge in [0.1, 0.15) is 0 Å². The highest BCUT2D eigenvalue weighted by Crippen LogP contribution is 2.22. The van der Waals surface area contributed by atoms with Crippen molar-refractivity contribution in [2.45, 2.75) is 32.6 Å². The van der Waals surface area contributed by atoms with Gasteiger partial charge in [-0.05, 0) is 50.5 Å². The Bertz CT molecular complexity index is 630. The molecule has 1 aliphatic rings. The molecule has 1 aromatic heterocycles. The van der Waals surface area contributed by atoms with Gasteiger partial charge in [-0.3, -0.25) is 4.79 Å². The average Bonchev–Trinajstić information content (AvgIpc) is 2.94. The molecule has 116 valence electrons. The van der Waals surface area contributed by atoms with E-state index in [4.69, 9.17) is 0 Å². The number of carbonyl (C=O) groups excluding carboxylic acids is 1. The van der Waals surface area contributed by atoms with E-state index in [1.54, 1.807) is 11.3 Å². The molecule has 1 aromatic carbocycles. The van der Waals surface area contributed by atoms with Crippen LogP contribution in [-0.4, -0.2) is 24.0 Å². The van der Waals surface area contributed by atoms with Crippen LogP contribution in [0.2, 0.25) is 0 Å². The van der Waals surface area contributed by atoms with E-state index in [9.17, 15) is 4.79 Å². The molecule has 1 N–H and O–H groups in total. The number of aromatic nitrogens is 1. The number of hydrogen-bond acceptors (Lipinski definition) is 4. The standard InChI is InChI=1S/C17H21N3OS/c1-13-18-15(12-22-13)11-17(21)19-14-5-7-16(8-6-14)20-9-3-2-4-10-20/h5-8,12H,2-4,9-11H2,1H3,(H,19,21). The van der Waals surface area contributed by atoms with Crippen molar-refractivity contribution in [1.82, 2.24) is 4.98 Å². The van der Waals surface area contributed by atoms with Crippen molar-refractivity contribution in [2.75, 3.05) is 23.3 Å². The number of aryl methyl sites for hydroxylation is 1. The summed E-state index contributed by atoms with van der Waals surface area (Å²) >= 11 is 1.57. The SMILES string of the molecule is Cc1nc(CC(=O)Nc2ccc(N3CCCCC3)cc2)cs1. The Morgan fingerprint density at radius 3 is 2.59 bits per heavy atom. The van der Waals surface area contributed by atoms with Crippen LogP contribution >= 0.6 is 11.3 Å². The van der Waals surface area contributed by atoms with Crippen molar-refractivity contribution in [3.8, 4) is 0 Å². The largest absolute Gasteiger partial charge is 0.372 e. The van der Waals surface area contributed by atoms with Crippen molar-refractivity contribution in [2.24, 2.45) is 0 Å². The van der Waals surface area contributed by atoms with Gasteiger partial charge in [-0.1, -0.05) is 0 Å². The second-order valence-electron chi connectivity index (χ2n) is 5.68. The molecule has 0 aliphatic carbocycles. The zero-order chi connectivity index (χ0) is 15.4. The van der Waals surface area contributed by atoms with Crippen LogP contribution in [0.5, 0.6) is 0 Å². The third-order valence-electron chi connectivity index (χ3n) is 3.88. The maximum absolute atomic E-state index is 12.0. The summed E-state index contributed by atoms with van der Waals surface area (Å²) in [7, 11) is 0. The lowest BCUT2D eigenvalue weighted by Crippen LogP contribution is -2.29. The van der Waals surface area contributed by atoms with E-state index in [0.29, 0.717) is 6.42 Å². The Kier molecular flexibility index (Phi) is 4.73. The molecule has 0 atom stereocenters. The molecule has 0 radical (unpaired) electrons. The molecule has 3 rings (SSSR count). The highest BCUT2D eigenvalue weighted by molar-refractivity contribution is 7.09. The second-order valence-corrected chi connectivity index (χ2v) is 6.74. The summed E-state index contributed by atoms with van der Waals surface area (Å²) in [6.07, 6.45) is 4.20. The maximum Gasteiger partial charge on any atom is 0.230 e. The van der Waals surface area contributed by atoms with Gasteiger partial charge in [-0.2, -0.15) is 0 Å². The molecule has 0 unspecified atom stereocenters. The van der Waals surface area contributed by atoms with Crippen LogP contribution in [0.25, 0.3) is 0 Å². The van der Waals surface area contributed by atoms with Gasteiger partial charge in [0, 0.05) is 29.8 Å². The van der Waals surface area contributed by atoms with Gasteiger partial charge >= 0.3 is 0 Å². The molecular formula is C17H21N3OS. The Labute approximate surface area is 135 Å². The molecule has 5 heteroatoms. The minimum absolute atomic E-state index is 0.0176. The lowest BCUT2D eigenvalue weighted by Gasteiger charge is -2.28. The van der Waals surface area contributed by atoms with E-state index in [-0.39, 0.29) is 5.91 Å². The van der Waals surface area contributed by atoms with Crippen LogP contribution in [0.3, 0.4) is 0 Å². The summed E-state index contributed by atoms with van der Waals surface area (Å²) in [5.41, 5.74) is 2.93. The molecule has 1 fully saturated rings. The molecule has 2 heterocycles. The number of thiazole rings is 1. The zero-order valence-electron chi connectivity index (χ0n) is 12.8. The first kappa shape index (κ1) is 15.0. The summed E-state index contributed by atoms with van der Waals surface area (Å²) in [6.45, 7) is 4.22. The summed E-state index contributed by atoms with van der Waals surface area (Å²) in [6, 6.07) is 8.14. The Morgan fingerprint density at radius 1 is 1.23 bits per heavy atom. The number of nitrogens with one attached hydrogen (secondary N) is 1. The van der Waals surface area contributed by atoms with Gasteiger partial charge in [0.05, 0.1) is 17.1 Å². The minimum Gasteiger partial charge on any atom is -0.372 e. The zero-order valence-corrected chi connectivity index (χ0v) is 13.7. The number of nitrogens with zero attached hydrogens (tertiary/aromatic N) is 2. The molecule has 1 aliphatic heterocycles. The van der Waals surface area contributed by atoms with Gasteiger partial charge in [-0.15, -0.1) is 11.3 Å². The number of piperidine rings is 1. The summed E-state index contributed by atoms with van der Waals surface area (Å²) in [5, 5.41) is 5.87. The lowest BCUT2D eigenvalue weighted by atomic mass is 10.1. The molecule has 22 heavy (non-hydrogen) atoms. The Hall–Kier alpha value is -1.88. The number of carbonyl (C=O) groups is 1. The van der Waals surface area contributed by atoms with Crippen molar-refractivity contribution < 1.29 is 4.79 Å². The van der Waals surface area contributed by atoms with E-state index in [1.807, 2.05) is 24.4 Å². The van der Waals surface area contributed by atoms with Gasteiger partial charge in [0.2, 0.25) is 5.91 Å². The number of anilines is 2. The van der Waals surface area contributed by atoms with Crippen molar-refractivity contribution in [1.29, 1.82) is 0 Å². The van der Waals surface area contributed by atoms with Crippen LogP contribution in [-0.2, 0) is 11.2 Å². The van der Waals surface area contributed by atoms with Crippen LogP contribution in [0, 0.1) is 6.92 Å². The molecular weight excluding hydrogens is 294 g/mol. The van der Waals surface area contributed by atoms with E-state index in [1.165, 1.54) is 24.9 Å². The minimum atomic E-state index is -0.0176. The van der Waals surface area contributed by atoms with E-state index < -0.39 is 0 Å². The monoisotopic (exact) mass is 315 g/mol. The van der Waals surface area contributed by atoms with Gasteiger partial charge in [0.15, 0.2) is 0 Å². The molecule has 0 bridgehead atoms. The molecule has 0 saturated carbocycles. The molecule has 1 saturated heterocycles. The Morgan fingerprint density at radius 2 is 1.95 bits per heavy atom. The molecule has 2 aromatic rings. The fraction of sp³-hybridized carbons (Fsp3) is 0.412. The number of benzene rings is 1. The Balaban J connectivity index is 1.57. The average molecular weight is 315 g/mol. The van der Waals surface area contributed by atoms with E-state index >= 15 is 0 Å².